The molecule has 1 aromatic carbocycles. The Labute approximate surface area is 133 Å². The van der Waals surface area contributed by atoms with Crippen LogP contribution < -0.4 is 0 Å². The highest BCUT2D eigenvalue weighted by atomic mass is 19.1. The number of hydrogen-bond acceptors (Lipinski definition) is 1. The molecule has 0 amide bonds. The average Bonchev–Trinajstić information content (AvgIpc) is 2.56. The first-order valence-corrected chi connectivity index (χ1v) is 8.34. The fraction of sp³-hybridized carbons (Fsp3) is 0.500. The van der Waals surface area contributed by atoms with E-state index in [1.165, 1.54) is 12.8 Å². The monoisotopic (exact) mass is 302 g/mol. The summed E-state index contributed by atoms with van der Waals surface area (Å²) < 4.78 is 19.7. The zero-order chi connectivity index (χ0) is 15.8. The lowest BCUT2D eigenvalue weighted by atomic mass is 9.78. The first-order chi connectivity index (χ1) is 10.7. The second-order valence-corrected chi connectivity index (χ2v) is 6.11. The summed E-state index contributed by atoms with van der Waals surface area (Å²) in [5, 5.41) is 0. The number of ether oxygens (including phenoxy) is 1. The van der Waals surface area contributed by atoms with Crippen LogP contribution in [0.4, 0.5) is 4.39 Å². The Kier molecular flexibility index (Phi) is 6.85. The number of hydrogen-bond donors (Lipinski definition) is 0. The molecule has 1 aliphatic rings. The molecule has 0 unspecified atom stereocenters. The molecule has 0 aromatic heterocycles. The van der Waals surface area contributed by atoms with Gasteiger partial charge in [-0.15, -0.1) is 6.58 Å². The summed E-state index contributed by atoms with van der Waals surface area (Å²) >= 11 is 0. The molecule has 1 nitrogen and oxygen atoms in total. The fourth-order valence-electron chi connectivity index (χ4n) is 3.12. The molecular formula is C20H27FO. The van der Waals surface area contributed by atoms with E-state index in [1.54, 1.807) is 6.07 Å². The second kappa shape index (κ2) is 8.89. The van der Waals surface area contributed by atoms with E-state index in [0.717, 1.165) is 24.8 Å². The Morgan fingerprint density at radius 2 is 2.05 bits per heavy atom. The van der Waals surface area contributed by atoms with Gasteiger partial charge in [-0.1, -0.05) is 30.4 Å². The number of halogens is 1. The molecule has 0 N–H and O–H groups in total. The number of benzene rings is 1. The van der Waals surface area contributed by atoms with Crippen molar-refractivity contribution in [2.75, 3.05) is 6.61 Å². The van der Waals surface area contributed by atoms with Gasteiger partial charge in [-0.05, 0) is 62.5 Å². The van der Waals surface area contributed by atoms with Crippen molar-refractivity contribution in [3.05, 3.63) is 60.0 Å². The predicted octanol–water partition coefficient (Wildman–Crippen LogP) is 5.77. The van der Waals surface area contributed by atoms with Gasteiger partial charge in [0.2, 0.25) is 0 Å². The van der Waals surface area contributed by atoms with Crippen molar-refractivity contribution in [2.45, 2.75) is 51.6 Å². The maximum Gasteiger partial charge on any atom is 0.129 e. The Balaban J connectivity index is 1.88. The third kappa shape index (κ3) is 4.81. The van der Waals surface area contributed by atoms with Crippen LogP contribution in [0.25, 0.3) is 0 Å². The predicted molar refractivity (Wildman–Crippen MR) is 90.4 cm³/mol. The van der Waals surface area contributed by atoms with Crippen LogP contribution in [0.3, 0.4) is 0 Å². The van der Waals surface area contributed by atoms with Crippen molar-refractivity contribution in [3.63, 3.8) is 0 Å². The van der Waals surface area contributed by atoms with Gasteiger partial charge >= 0.3 is 0 Å². The van der Waals surface area contributed by atoms with Gasteiger partial charge in [-0.3, -0.25) is 0 Å². The summed E-state index contributed by atoms with van der Waals surface area (Å²) in [6, 6.07) is 5.68. The van der Waals surface area contributed by atoms with Crippen LogP contribution in [-0.2, 0) is 11.3 Å². The van der Waals surface area contributed by atoms with Crippen LogP contribution in [-0.4, -0.2) is 6.61 Å². The van der Waals surface area contributed by atoms with Gasteiger partial charge in [0.05, 0.1) is 13.2 Å². The lowest BCUT2D eigenvalue weighted by Crippen LogP contribution is -2.12. The Bertz CT molecular complexity index is 498. The molecule has 0 aliphatic heterocycles. The molecule has 0 bridgehead atoms. The molecule has 1 fully saturated rings. The van der Waals surface area contributed by atoms with E-state index in [2.05, 4.69) is 24.8 Å². The highest BCUT2D eigenvalue weighted by Gasteiger charge is 2.21. The lowest BCUT2D eigenvalue weighted by molar-refractivity contribution is 0.123. The SMILES string of the molecule is C=C[C@H]1CC[C@H](c2ccc(COCC/C=C/C)c(F)c2)CC1. The maximum absolute atomic E-state index is 14.2. The van der Waals surface area contributed by atoms with Gasteiger partial charge < -0.3 is 4.74 Å². The van der Waals surface area contributed by atoms with E-state index in [0.29, 0.717) is 30.6 Å². The summed E-state index contributed by atoms with van der Waals surface area (Å²) in [7, 11) is 0. The van der Waals surface area contributed by atoms with Gasteiger partial charge in [0.15, 0.2) is 0 Å². The molecule has 2 rings (SSSR count). The molecular weight excluding hydrogens is 275 g/mol. The largest absolute Gasteiger partial charge is 0.376 e. The Hall–Kier alpha value is -1.41. The average molecular weight is 302 g/mol. The Morgan fingerprint density at radius 3 is 2.68 bits per heavy atom. The second-order valence-electron chi connectivity index (χ2n) is 6.11. The van der Waals surface area contributed by atoms with Crippen molar-refractivity contribution >= 4 is 0 Å². The summed E-state index contributed by atoms with van der Waals surface area (Å²) in [5.41, 5.74) is 1.79. The fourth-order valence-corrected chi connectivity index (χ4v) is 3.12. The third-order valence-electron chi connectivity index (χ3n) is 4.58. The van der Waals surface area contributed by atoms with Crippen molar-refractivity contribution < 1.29 is 9.13 Å². The first kappa shape index (κ1) is 17.0. The van der Waals surface area contributed by atoms with E-state index in [9.17, 15) is 4.39 Å². The molecule has 22 heavy (non-hydrogen) atoms. The molecule has 1 aliphatic carbocycles. The quantitative estimate of drug-likeness (QED) is 0.459. The van der Waals surface area contributed by atoms with Crippen LogP contribution in [0.15, 0.2) is 43.0 Å². The molecule has 0 radical (unpaired) electrons. The smallest absolute Gasteiger partial charge is 0.129 e. The van der Waals surface area contributed by atoms with Crippen LogP contribution in [0.1, 0.15) is 56.1 Å². The van der Waals surface area contributed by atoms with Gasteiger partial charge in [0, 0.05) is 5.56 Å². The first-order valence-electron chi connectivity index (χ1n) is 8.34. The standard InChI is InChI=1S/C20H27FO/c1-3-5-6-13-22-15-19-12-11-18(14-20(19)21)17-9-7-16(4-2)8-10-17/h3-5,11-12,14,16-17H,2,6-10,13,15H2,1H3/b5-3+/t16-,17-. The molecule has 0 atom stereocenters. The number of allylic oxidation sites excluding steroid dienone is 2. The van der Waals surface area contributed by atoms with Crippen LogP contribution in [0.5, 0.6) is 0 Å². The van der Waals surface area contributed by atoms with Gasteiger partial charge in [-0.2, -0.15) is 0 Å². The van der Waals surface area contributed by atoms with Crippen molar-refractivity contribution in [2.24, 2.45) is 5.92 Å². The minimum atomic E-state index is -0.130. The summed E-state index contributed by atoms with van der Waals surface area (Å²) in [4.78, 5) is 0. The van der Waals surface area contributed by atoms with Crippen LogP contribution >= 0.6 is 0 Å². The minimum Gasteiger partial charge on any atom is -0.376 e. The van der Waals surface area contributed by atoms with Gasteiger partial charge in [0.25, 0.3) is 0 Å². The van der Waals surface area contributed by atoms with Crippen molar-refractivity contribution in [1.82, 2.24) is 0 Å². The molecule has 1 saturated carbocycles. The third-order valence-corrected chi connectivity index (χ3v) is 4.58. The van der Waals surface area contributed by atoms with E-state index in [4.69, 9.17) is 4.74 Å². The van der Waals surface area contributed by atoms with Crippen molar-refractivity contribution in [1.29, 1.82) is 0 Å². The van der Waals surface area contributed by atoms with Gasteiger partial charge in [0.1, 0.15) is 5.82 Å². The van der Waals surface area contributed by atoms with Crippen LogP contribution in [0.2, 0.25) is 0 Å². The molecule has 1 aromatic rings. The van der Waals surface area contributed by atoms with E-state index in [-0.39, 0.29) is 5.82 Å². The Morgan fingerprint density at radius 1 is 1.27 bits per heavy atom. The summed E-state index contributed by atoms with van der Waals surface area (Å²) in [5.74, 6) is 1.01. The normalized spacial score (nSPS) is 22.1. The summed E-state index contributed by atoms with van der Waals surface area (Å²) in [6.45, 7) is 6.85. The molecule has 120 valence electrons. The highest BCUT2D eigenvalue weighted by Crippen LogP contribution is 2.36. The van der Waals surface area contributed by atoms with Crippen LogP contribution in [0, 0.1) is 11.7 Å². The van der Waals surface area contributed by atoms with E-state index >= 15 is 0 Å². The zero-order valence-corrected chi connectivity index (χ0v) is 13.6. The highest BCUT2D eigenvalue weighted by molar-refractivity contribution is 5.27. The van der Waals surface area contributed by atoms with E-state index in [1.807, 2.05) is 19.1 Å². The number of rotatable bonds is 7. The summed E-state index contributed by atoms with van der Waals surface area (Å²) in [6.07, 6.45) is 11.6. The topological polar surface area (TPSA) is 9.23 Å². The molecule has 0 spiro atoms. The molecule has 2 heteroatoms. The van der Waals surface area contributed by atoms with Crippen molar-refractivity contribution in [3.8, 4) is 0 Å². The zero-order valence-electron chi connectivity index (χ0n) is 13.6. The minimum absolute atomic E-state index is 0.130. The molecule has 0 saturated heterocycles. The lowest BCUT2D eigenvalue weighted by Gasteiger charge is -2.27. The van der Waals surface area contributed by atoms with Gasteiger partial charge in [-0.25, -0.2) is 4.39 Å². The molecule has 0 heterocycles. The maximum atomic E-state index is 14.2. The van der Waals surface area contributed by atoms with E-state index < -0.39 is 0 Å².